The molecule has 0 spiro atoms. The van der Waals surface area contributed by atoms with E-state index in [4.69, 9.17) is 10.00 Å². The van der Waals surface area contributed by atoms with E-state index in [1.54, 1.807) is 11.4 Å². The fourth-order valence-corrected chi connectivity index (χ4v) is 3.96. The number of nitrogens with zero attached hydrogens (tertiary/aromatic N) is 1. The van der Waals surface area contributed by atoms with Gasteiger partial charge in [0.05, 0.1) is 12.0 Å². The molecule has 1 N–H and O–H groups in total. The van der Waals surface area contributed by atoms with Crippen LogP contribution in [0.1, 0.15) is 45.4 Å². The topological polar surface area (TPSA) is 96.3 Å². The van der Waals surface area contributed by atoms with E-state index in [0.29, 0.717) is 16.1 Å². The first-order valence-corrected chi connectivity index (χ1v) is 9.59. The van der Waals surface area contributed by atoms with Gasteiger partial charge in [-0.2, -0.15) is 5.26 Å². The molecule has 0 fully saturated rings. The van der Waals surface area contributed by atoms with E-state index in [-0.39, 0.29) is 18.6 Å². The van der Waals surface area contributed by atoms with E-state index in [1.165, 1.54) is 29.6 Å². The number of amides is 1. The highest BCUT2D eigenvalue weighted by Crippen LogP contribution is 2.23. The zero-order chi connectivity index (χ0) is 19.3. The van der Waals surface area contributed by atoms with Gasteiger partial charge in [0.1, 0.15) is 11.1 Å². The molecule has 0 bridgehead atoms. The highest BCUT2D eigenvalue weighted by Gasteiger charge is 2.21. The predicted octanol–water partition coefficient (Wildman–Crippen LogP) is 3.83. The quantitative estimate of drug-likeness (QED) is 0.572. The van der Waals surface area contributed by atoms with Crippen LogP contribution in [0.5, 0.6) is 0 Å². The number of Topliss-reactive ketones (excluding diaryl/α,β-unsaturated/α-hetero) is 1. The van der Waals surface area contributed by atoms with Crippen LogP contribution < -0.4 is 5.32 Å². The molecule has 2 aromatic heterocycles. The Morgan fingerprint density at radius 1 is 1.31 bits per heavy atom. The third kappa shape index (κ3) is 5.00. The maximum absolute atomic E-state index is 12.2. The minimum atomic E-state index is -1.02. The van der Waals surface area contributed by atoms with Crippen molar-refractivity contribution in [3.05, 3.63) is 38.4 Å². The van der Waals surface area contributed by atoms with Gasteiger partial charge in [-0.15, -0.1) is 22.7 Å². The Morgan fingerprint density at radius 3 is 2.65 bits per heavy atom. The number of nitrogens with one attached hydrogen (secondary N) is 1. The van der Waals surface area contributed by atoms with Crippen LogP contribution in [0.2, 0.25) is 0 Å². The van der Waals surface area contributed by atoms with Gasteiger partial charge < -0.3 is 10.1 Å². The van der Waals surface area contributed by atoms with Crippen LogP contribution in [-0.2, 0) is 14.3 Å². The predicted molar refractivity (Wildman–Crippen MR) is 101 cm³/mol. The minimum Gasteiger partial charge on any atom is -0.453 e. The number of thiophene rings is 2. The van der Waals surface area contributed by atoms with Crippen molar-refractivity contribution >= 4 is 45.3 Å². The summed E-state index contributed by atoms with van der Waals surface area (Å²) in [5, 5.41) is 13.6. The lowest BCUT2D eigenvalue weighted by Gasteiger charge is -2.12. The average molecular weight is 390 g/mol. The molecule has 1 atom stereocenters. The van der Waals surface area contributed by atoms with E-state index in [9.17, 15) is 14.4 Å². The second kappa shape index (κ2) is 8.74. The average Bonchev–Trinajstić information content (AvgIpc) is 3.17. The maximum Gasteiger partial charge on any atom is 0.307 e. The van der Waals surface area contributed by atoms with Crippen LogP contribution in [0.15, 0.2) is 17.5 Å². The molecular formula is C18H18N2O4S2. The van der Waals surface area contributed by atoms with Crippen LogP contribution in [0, 0.1) is 25.2 Å². The Hall–Kier alpha value is -2.50. The zero-order valence-corrected chi connectivity index (χ0v) is 16.3. The molecule has 2 heterocycles. The van der Waals surface area contributed by atoms with Crippen molar-refractivity contribution in [1.82, 2.24) is 0 Å². The van der Waals surface area contributed by atoms with Crippen molar-refractivity contribution in [3.8, 4) is 6.07 Å². The summed E-state index contributed by atoms with van der Waals surface area (Å²) in [4.78, 5) is 38.1. The standard InChI is InChI=1S/C18H18N2O4S2/c1-10-8-14(12(3)26-10)15(21)4-5-16(22)24-11(2)17(23)20-18-13(9-19)6-7-25-18/h6-8,11H,4-5H2,1-3H3,(H,20,23)/t11-/m0/s1. The largest absolute Gasteiger partial charge is 0.453 e. The monoisotopic (exact) mass is 390 g/mol. The van der Waals surface area contributed by atoms with Crippen LogP contribution in [0.4, 0.5) is 5.00 Å². The number of esters is 1. The first-order valence-electron chi connectivity index (χ1n) is 7.90. The minimum absolute atomic E-state index is 0.0354. The molecule has 8 heteroatoms. The summed E-state index contributed by atoms with van der Waals surface area (Å²) < 4.78 is 5.08. The van der Waals surface area contributed by atoms with Gasteiger partial charge in [0.25, 0.3) is 5.91 Å². The summed E-state index contributed by atoms with van der Waals surface area (Å²) in [6.45, 7) is 5.24. The van der Waals surface area contributed by atoms with Gasteiger partial charge >= 0.3 is 5.97 Å². The summed E-state index contributed by atoms with van der Waals surface area (Å²) in [5.74, 6) is -1.25. The second-order valence-corrected chi connectivity index (χ2v) is 8.02. The van der Waals surface area contributed by atoms with Crippen molar-refractivity contribution in [2.24, 2.45) is 0 Å². The fourth-order valence-electron chi connectivity index (χ4n) is 2.28. The molecule has 0 aromatic carbocycles. The number of carbonyl (C=O) groups excluding carboxylic acids is 3. The normalized spacial score (nSPS) is 11.5. The number of hydrogen-bond acceptors (Lipinski definition) is 7. The highest BCUT2D eigenvalue weighted by atomic mass is 32.1. The molecule has 0 aliphatic rings. The molecular weight excluding hydrogens is 372 g/mol. The number of aryl methyl sites for hydroxylation is 2. The van der Waals surface area contributed by atoms with E-state index < -0.39 is 18.0 Å². The summed E-state index contributed by atoms with van der Waals surface area (Å²) in [7, 11) is 0. The number of rotatable bonds is 7. The van der Waals surface area contributed by atoms with Crippen LogP contribution in [-0.4, -0.2) is 23.8 Å². The summed E-state index contributed by atoms with van der Waals surface area (Å²) in [6, 6.07) is 5.38. The number of ether oxygens (including phenoxy) is 1. The first kappa shape index (κ1) is 19.8. The smallest absolute Gasteiger partial charge is 0.307 e. The van der Waals surface area contributed by atoms with Crippen LogP contribution in [0.3, 0.4) is 0 Å². The van der Waals surface area contributed by atoms with Crippen molar-refractivity contribution in [2.45, 2.75) is 39.7 Å². The van der Waals surface area contributed by atoms with Crippen molar-refractivity contribution < 1.29 is 19.1 Å². The van der Waals surface area contributed by atoms with Gasteiger partial charge in [-0.1, -0.05) is 0 Å². The Labute approximate surface area is 159 Å². The fraction of sp³-hybridized carbons (Fsp3) is 0.333. The van der Waals surface area contributed by atoms with Crippen molar-refractivity contribution in [3.63, 3.8) is 0 Å². The molecule has 0 unspecified atom stereocenters. The van der Waals surface area contributed by atoms with Crippen molar-refractivity contribution in [2.75, 3.05) is 5.32 Å². The number of ketones is 1. The second-order valence-electron chi connectivity index (χ2n) is 5.65. The molecule has 2 aromatic rings. The SMILES string of the molecule is Cc1cc(C(=O)CCC(=O)O[C@@H](C)C(=O)Nc2sccc2C#N)c(C)s1. The van der Waals surface area contributed by atoms with Gasteiger partial charge in [-0.25, -0.2) is 0 Å². The molecule has 2 rings (SSSR count). The highest BCUT2D eigenvalue weighted by molar-refractivity contribution is 7.14. The summed E-state index contributed by atoms with van der Waals surface area (Å²) in [6.07, 6.45) is -1.07. The zero-order valence-electron chi connectivity index (χ0n) is 14.6. The third-order valence-electron chi connectivity index (χ3n) is 3.60. The Kier molecular flexibility index (Phi) is 6.66. The molecule has 0 radical (unpaired) electrons. The van der Waals surface area contributed by atoms with Gasteiger partial charge in [0, 0.05) is 21.7 Å². The molecule has 0 saturated carbocycles. The van der Waals surface area contributed by atoms with E-state index in [2.05, 4.69) is 5.32 Å². The summed E-state index contributed by atoms with van der Waals surface area (Å²) >= 11 is 2.75. The Morgan fingerprint density at radius 2 is 2.04 bits per heavy atom. The van der Waals surface area contributed by atoms with Crippen LogP contribution >= 0.6 is 22.7 Å². The molecule has 0 aliphatic heterocycles. The maximum atomic E-state index is 12.2. The lowest BCUT2D eigenvalue weighted by molar-refractivity contribution is -0.153. The summed E-state index contributed by atoms with van der Waals surface area (Å²) in [5.41, 5.74) is 0.988. The number of nitriles is 1. The number of carbonyl (C=O) groups is 3. The molecule has 0 saturated heterocycles. The van der Waals surface area contributed by atoms with Gasteiger partial charge in [0.15, 0.2) is 11.9 Å². The van der Waals surface area contributed by atoms with Gasteiger partial charge in [0.2, 0.25) is 0 Å². The molecule has 26 heavy (non-hydrogen) atoms. The van der Waals surface area contributed by atoms with Gasteiger partial charge in [-0.3, -0.25) is 14.4 Å². The lowest BCUT2D eigenvalue weighted by atomic mass is 10.1. The lowest BCUT2D eigenvalue weighted by Crippen LogP contribution is -2.30. The van der Waals surface area contributed by atoms with Crippen molar-refractivity contribution in [1.29, 1.82) is 5.26 Å². The van der Waals surface area contributed by atoms with E-state index in [1.807, 2.05) is 26.0 Å². The molecule has 6 nitrogen and oxygen atoms in total. The van der Waals surface area contributed by atoms with Gasteiger partial charge in [-0.05, 0) is 38.3 Å². The number of anilines is 1. The first-order chi connectivity index (χ1) is 12.3. The Bertz CT molecular complexity index is 876. The number of hydrogen-bond donors (Lipinski definition) is 1. The third-order valence-corrected chi connectivity index (χ3v) is 5.39. The van der Waals surface area contributed by atoms with E-state index >= 15 is 0 Å². The van der Waals surface area contributed by atoms with E-state index in [0.717, 1.165) is 9.75 Å². The Balaban J connectivity index is 1.83. The van der Waals surface area contributed by atoms with Crippen LogP contribution in [0.25, 0.3) is 0 Å². The molecule has 0 aliphatic carbocycles. The molecule has 1 amide bonds. The molecule has 136 valence electrons.